The first-order chi connectivity index (χ1) is 8.65. The van der Waals surface area contributed by atoms with Gasteiger partial charge in [0.1, 0.15) is 0 Å². The van der Waals surface area contributed by atoms with Gasteiger partial charge in [-0.3, -0.25) is 0 Å². The van der Waals surface area contributed by atoms with Gasteiger partial charge < -0.3 is 14.7 Å². The summed E-state index contributed by atoms with van der Waals surface area (Å²) < 4.78 is 0. The second-order valence-corrected chi connectivity index (χ2v) is 6.51. The van der Waals surface area contributed by atoms with Crippen molar-refractivity contribution in [1.82, 2.24) is 14.7 Å². The number of piperidine rings is 1. The SMILES string of the molecule is CC(C)N1CCC(CCN2CCN(C)CC2)CC1. The molecule has 0 unspecified atom stereocenters. The van der Waals surface area contributed by atoms with E-state index < -0.39 is 0 Å². The van der Waals surface area contributed by atoms with Crippen LogP contribution in [-0.2, 0) is 0 Å². The highest BCUT2D eigenvalue weighted by Gasteiger charge is 2.22. The van der Waals surface area contributed by atoms with Crippen LogP contribution in [0.4, 0.5) is 0 Å². The van der Waals surface area contributed by atoms with Crippen molar-refractivity contribution in [1.29, 1.82) is 0 Å². The van der Waals surface area contributed by atoms with Gasteiger partial charge >= 0.3 is 0 Å². The van der Waals surface area contributed by atoms with Crippen molar-refractivity contribution in [2.75, 3.05) is 52.9 Å². The molecule has 2 aliphatic heterocycles. The number of hydrogen-bond acceptors (Lipinski definition) is 3. The maximum Gasteiger partial charge on any atom is 0.0110 e. The third-order valence-corrected chi connectivity index (χ3v) is 4.83. The lowest BCUT2D eigenvalue weighted by atomic mass is 9.92. The average molecular weight is 253 g/mol. The van der Waals surface area contributed by atoms with Crippen LogP contribution in [-0.4, -0.2) is 73.6 Å². The molecule has 0 saturated carbocycles. The topological polar surface area (TPSA) is 9.72 Å². The predicted octanol–water partition coefficient (Wildman–Crippen LogP) is 1.74. The summed E-state index contributed by atoms with van der Waals surface area (Å²) in [5.74, 6) is 0.986. The summed E-state index contributed by atoms with van der Waals surface area (Å²) in [5, 5.41) is 0. The van der Waals surface area contributed by atoms with E-state index in [0.29, 0.717) is 0 Å². The summed E-state index contributed by atoms with van der Waals surface area (Å²) >= 11 is 0. The number of hydrogen-bond donors (Lipinski definition) is 0. The Hall–Kier alpha value is -0.120. The third kappa shape index (κ3) is 4.22. The number of nitrogens with zero attached hydrogens (tertiary/aromatic N) is 3. The molecule has 2 rings (SSSR count). The molecule has 0 spiro atoms. The molecule has 0 radical (unpaired) electrons. The Bertz CT molecular complexity index is 226. The lowest BCUT2D eigenvalue weighted by molar-refractivity contribution is 0.118. The largest absolute Gasteiger partial charge is 0.304 e. The molecular weight excluding hydrogens is 222 g/mol. The van der Waals surface area contributed by atoms with Gasteiger partial charge in [-0.05, 0) is 65.7 Å². The third-order valence-electron chi connectivity index (χ3n) is 4.83. The second-order valence-electron chi connectivity index (χ2n) is 6.51. The van der Waals surface area contributed by atoms with Crippen LogP contribution in [0.25, 0.3) is 0 Å². The molecule has 18 heavy (non-hydrogen) atoms. The molecule has 0 amide bonds. The van der Waals surface area contributed by atoms with Gasteiger partial charge in [0.15, 0.2) is 0 Å². The quantitative estimate of drug-likeness (QED) is 0.756. The average Bonchev–Trinajstić information content (AvgIpc) is 2.38. The number of piperazine rings is 1. The summed E-state index contributed by atoms with van der Waals surface area (Å²) in [7, 11) is 2.24. The molecule has 2 aliphatic rings. The normalized spacial score (nSPS) is 26.0. The Morgan fingerprint density at radius 3 is 2.11 bits per heavy atom. The van der Waals surface area contributed by atoms with Gasteiger partial charge in [-0.1, -0.05) is 0 Å². The van der Waals surface area contributed by atoms with E-state index in [4.69, 9.17) is 0 Å². The summed E-state index contributed by atoms with van der Waals surface area (Å²) in [6.07, 6.45) is 4.27. The highest BCUT2D eigenvalue weighted by Crippen LogP contribution is 2.22. The molecule has 3 heteroatoms. The molecule has 0 aromatic rings. The molecular formula is C15H31N3. The Morgan fingerprint density at radius 1 is 0.944 bits per heavy atom. The van der Waals surface area contributed by atoms with Gasteiger partial charge in [-0.25, -0.2) is 0 Å². The van der Waals surface area contributed by atoms with Crippen molar-refractivity contribution >= 4 is 0 Å². The van der Waals surface area contributed by atoms with Crippen molar-refractivity contribution in [2.45, 2.75) is 39.2 Å². The van der Waals surface area contributed by atoms with Crippen LogP contribution in [0.2, 0.25) is 0 Å². The zero-order valence-electron chi connectivity index (χ0n) is 12.6. The van der Waals surface area contributed by atoms with E-state index in [-0.39, 0.29) is 0 Å². The Morgan fingerprint density at radius 2 is 1.56 bits per heavy atom. The Labute approximate surface area is 113 Å². The minimum absolute atomic E-state index is 0.739. The van der Waals surface area contributed by atoms with Gasteiger partial charge in [0.2, 0.25) is 0 Å². The predicted molar refractivity (Wildman–Crippen MR) is 78.0 cm³/mol. The van der Waals surface area contributed by atoms with Crippen LogP contribution < -0.4 is 0 Å². The molecule has 3 nitrogen and oxygen atoms in total. The van der Waals surface area contributed by atoms with Gasteiger partial charge in [0.05, 0.1) is 0 Å². The summed E-state index contributed by atoms with van der Waals surface area (Å²) in [6, 6.07) is 0.739. The van der Waals surface area contributed by atoms with Gasteiger partial charge in [0, 0.05) is 32.2 Å². The van der Waals surface area contributed by atoms with E-state index in [1.54, 1.807) is 0 Å². The van der Waals surface area contributed by atoms with Gasteiger partial charge in [-0.2, -0.15) is 0 Å². The summed E-state index contributed by atoms with van der Waals surface area (Å²) in [6.45, 7) is 13.7. The lowest BCUT2D eigenvalue weighted by Gasteiger charge is -2.36. The first-order valence-corrected chi connectivity index (χ1v) is 7.80. The standard InChI is InChI=1S/C15H31N3/c1-14(2)18-8-5-15(6-9-18)4-7-17-12-10-16(3)11-13-17/h14-15H,4-13H2,1-3H3. The highest BCUT2D eigenvalue weighted by molar-refractivity contribution is 4.76. The molecule has 0 bridgehead atoms. The van der Waals surface area contributed by atoms with Crippen LogP contribution in [0, 0.1) is 5.92 Å². The van der Waals surface area contributed by atoms with Crippen molar-refractivity contribution in [3.05, 3.63) is 0 Å². The van der Waals surface area contributed by atoms with Crippen LogP contribution in [0.15, 0.2) is 0 Å². The van der Waals surface area contributed by atoms with Crippen molar-refractivity contribution < 1.29 is 0 Å². The van der Waals surface area contributed by atoms with Crippen LogP contribution >= 0.6 is 0 Å². The summed E-state index contributed by atoms with van der Waals surface area (Å²) in [4.78, 5) is 7.73. The highest BCUT2D eigenvalue weighted by atomic mass is 15.2. The Balaban J connectivity index is 1.60. The van der Waals surface area contributed by atoms with E-state index in [2.05, 4.69) is 35.6 Å². The minimum atomic E-state index is 0.739. The fraction of sp³-hybridized carbons (Fsp3) is 1.00. The van der Waals surface area contributed by atoms with Crippen molar-refractivity contribution in [3.63, 3.8) is 0 Å². The Kier molecular flexibility index (Phi) is 5.46. The maximum atomic E-state index is 2.66. The zero-order chi connectivity index (χ0) is 13.0. The second kappa shape index (κ2) is 6.88. The van der Waals surface area contributed by atoms with Crippen LogP contribution in [0.1, 0.15) is 33.1 Å². The maximum absolute atomic E-state index is 2.66. The van der Waals surface area contributed by atoms with E-state index >= 15 is 0 Å². The molecule has 2 heterocycles. The van der Waals surface area contributed by atoms with E-state index in [0.717, 1.165) is 12.0 Å². The zero-order valence-corrected chi connectivity index (χ0v) is 12.6. The van der Waals surface area contributed by atoms with Crippen LogP contribution in [0.5, 0.6) is 0 Å². The molecule has 106 valence electrons. The molecule has 0 aromatic heterocycles. The fourth-order valence-electron chi connectivity index (χ4n) is 3.19. The van der Waals surface area contributed by atoms with E-state index in [1.807, 2.05) is 0 Å². The molecule has 0 aliphatic carbocycles. The molecule has 0 N–H and O–H groups in total. The number of likely N-dealkylation sites (N-methyl/N-ethyl adjacent to an activating group) is 1. The van der Waals surface area contributed by atoms with Gasteiger partial charge in [0.25, 0.3) is 0 Å². The van der Waals surface area contributed by atoms with Gasteiger partial charge in [-0.15, -0.1) is 0 Å². The fourth-order valence-corrected chi connectivity index (χ4v) is 3.19. The first kappa shape index (κ1) is 14.3. The van der Waals surface area contributed by atoms with Crippen LogP contribution in [0.3, 0.4) is 0 Å². The minimum Gasteiger partial charge on any atom is -0.304 e. The number of likely N-dealkylation sites (tertiary alicyclic amines) is 1. The number of rotatable bonds is 4. The monoisotopic (exact) mass is 253 g/mol. The molecule has 0 atom stereocenters. The van der Waals surface area contributed by atoms with E-state index in [1.165, 1.54) is 65.1 Å². The lowest BCUT2D eigenvalue weighted by Crippen LogP contribution is -2.45. The molecule has 2 fully saturated rings. The van der Waals surface area contributed by atoms with Crippen molar-refractivity contribution in [2.24, 2.45) is 5.92 Å². The first-order valence-electron chi connectivity index (χ1n) is 7.80. The smallest absolute Gasteiger partial charge is 0.0110 e. The summed E-state index contributed by atoms with van der Waals surface area (Å²) in [5.41, 5.74) is 0. The van der Waals surface area contributed by atoms with Crippen molar-refractivity contribution in [3.8, 4) is 0 Å². The molecule has 2 saturated heterocycles. The van der Waals surface area contributed by atoms with E-state index in [9.17, 15) is 0 Å². The molecule has 0 aromatic carbocycles.